The first-order chi connectivity index (χ1) is 9.75. The molecule has 1 aromatic carbocycles. The Hall–Kier alpha value is -1.97. The van der Waals surface area contributed by atoms with Crippen molar-refractivity contribution in [1.82, 2.24) is 9.97 Å². The lowest BCUT2D eigenvalue weighted by Gasteiger charge is -2.15. The molecule has 0 saturated carbocycles. The van der Waals surface area contributed by atoms with Crippen molar-refractivity contribution < 1.29 is 0 Å². The van der Waals surface area contributed by atoms with E-state index in [4.69, 9.17) is 17.3 Å². The molecule has 0 bridgehead atoms. The van der Waals surface area contributed by atoms with Crippen molar-refractivity contribution in [2.75, 3.05) is 0 Å². The van der Waals surface area contributed by atoms with Crippen LogP contribution in [-0.2, 0) is 6.42 Å². The quantitative estimate of drug-likeness (QED) is 0.800. The minimum absolute atomic E-state index is 0.122. The molecular formula is C16H14ClN3. The molecule has 0 spiro atoms. The molecule has 0 amide bonds. The van der Waals surface area contributed by atoms with Gasteiger partial charge in [-0.2, -0.15) is 0 Å². The molecule has 2 aromatic heterocycles. The lowest BCUT2D eigenvalue weighted by atomic mass is 9.97. The number of hydrogen-bond acceptors (Lipinski definition) is 3. The standard InChI is InChI=1S/C16H14ClN3/c17-14-10-19-8-6-11(14)9-15(18)12-3-1-5-16-13(12)4-2-7-20-16/h1-8,10,15H,9,18H2. The lowest BCUT2D eigenvalue weighted by Crippen LogP contribution is -2.14. The van der Waals surface area contributed by atoms with E-state index in [1.807, 2.05) is 36.4 Å². The molecule has 2 heterocycles. The Morgan fingerprint density at radius 3 is 2.85 bits per heavy atom. The molecule has 1 unspecified atom stereocenters. The Bertz CT molecular complexity index is 737. The maximum atomic E-state index is 6.36. The predicted octanol–water partition coefficient (Wildman–Crippen LogP) is 3.53. The highest BCUT2D eigenvalue weighted by atomic mass is 35.5. The van der Waals surface area contributed by atoms with Crippen molar-refractivity contribution >= 4 is 22.5 Å². The maximum Gasteiger partial charge on any atom is 0.0705 e. The van der Waals surface area contributed by atoms with Crippen molar-refractivity contribution in [3.8, 4) is 0 Å². The third kappa shape index (κ3) is 2.50. The minimum atomic E-state index is -0.122. The van der Waals surface area contributed by atoms with Gasteiger partial charge in [0.15, 0.2) is 0 Å². The molecule has 0 saturated heterocycles. The fourth-order valence-corrected chi connectivity index (χ4v) is 2.56. The first-order valence-corrected chi connectivity index (χ1v) is 6.81. The first kappa shape index (κ1) is 13.0. The summed E-state index contributed by atoms with van der Waals surface area (Å²) in [6.45, 7) is 0. The van der Waals surface area contributed by atoms with Crippen LogP contribution in [0.4, 0.5) is 0 Å². The summed E-state index contributed by atoms with van der Waals surface area (Å²) in [6, 6.07) is 11.8. The van der Waals surface area contributed by atoms with Crippen LogP contribution in [0.2, 0.25) is 5.02 Å². The van der Waals surface area contributed by atoms with Gasteiger partial charge in [-0.05, 0) is 35.7 Å². The second-order valence-electron chi connectivity index (χ2n) is 4.70. The van der Waals surface area contributed by atoms with E-state index >= 15 is 0 Å². The van der Waals surface area contributed by atoms with Gasteiger partial charge >= 0.3 is 0 Å². The number of rotatable bonds is 3. The summed E-state index contributed by atoms with van der Waals surface area (Å²) in [5.41, 5.74) is 9.41. The number of hydrogen-bond donors (Lipinski definition) is 1. The van der Waals surface area contributed by atoms with Crippen LogP contribution in [0, 0.1) is 0 Å². The van der Waals surface area contributed by atoms with Gasteiger partial charge in [0, 0.05) is 30.0 Å². The van der Waals surface area contributed by atoms with Gasteiger partial charge in [0.2, 0.25) is 0 Å². The van der Waals surface area contributed by atoms with Crippen molar-refractivity contribution in [1.29, 1.82) is 0 Å². The Kier molecular flexibility index (Phi) is 3.63. The number of nitrogens with zero attached hydrogens (tertiary/aromatic N) is 2. The van der Waals surface area contributed by atoms with Gasteiger partial charge in [0.25, 0.3) is 0 Å². The van der Waals surface area contributed by atoms with Gasteiger partial charge in [0.05, 0.1) is 10.5 Å². The first-order valence-electron chi connectivity index (χ1n) is 6.43. The Balaban J connectivity index is 1.97. The van der Waals surface area contributed by atoms with Gasteiger partial charge < -0.3 is 5.73 Å². The molecule has 3 nitrogen and oxygen atoms in total. The van der Waals surface area contributed by atoms with E-state index in [2.05, 4.69) is 9.97 Å². The van der Waals surface area contributed by atoms with Crippen LogP contribution in [0.1, 0.15) is 17.2 Å². The average Bonchev–Trinajstić information content (AvgIpc) is 2.49. The summed E-state index contributed by atoms with van der Waals surface area (Å²) >= 11 is 6.14. The predicted molar refractivity (Wildman–Crippen MR) is 81.6 cm³/mol. The van der Waals surface area contributed by atoms with Crippen LogP contribution in [0.3, 0.4) is 0 Å². The molecule has 0 radical (unpaired) electrons. The van der Waals surface area contributed by atoms with E-state index in [1.165, 1.54) is 0 Å². The van der Waals surface area contributed by atoms with E-state index in [9.17, 15) is 0 Å². The fraction of sp³-hybridized carbons (Fsp3) is 0.125. The number of benzene rings is 1. The van der Waals surface area contributed by atoms with E-state index in [0.717, 1.165) is 22.0 Å². The Morgan fingerprint density at radius 2 is 2.00 bits per heavy atom. The largest absolute Gasteiger partial charge is 0.324 e. The summed E-state index contributed by atoms with van der Waals surface area (Å²) in [7, 11) is 0. The fourth-order valence-electron chi connectivity index (χ4n) is 2.37. The molecule has 3 aromatic rings. The zero-order valence-corrected chi connectivity index (χ0v) is 11.6. The summed E-state index contributed by atoms with van der Waals surface area (Å²) in [6.07, 6.45) is 5.85. The van der Waals surface area contributed by atoms with Crippen LogP contribution < -0.4 is 5.73 Å². The summed E-state index contributed by atoms with van der Waals surface area (Å²) in [5, 5.41) is 1.74. The minimum Gasteiger partial charge on any atom is -0.324 e. The number of fused-ring (bicyclic) bond motifs is 1. The molecule has 2 N–H and O–H groups in total. The highest BCUT2D eigenvalue weighted by Gasteiger charge is 2.12. The highest BCUT2D eigenvalue weighted by molar-refractivity contribution is 6.31. The monoisotopic (exact) mass is 283 g/mol. The number of aromatic nitrogens is 2. The molecule has 1 atom stereocenters. The van der Waals surface area contributed by atoms with Crippen LogP contribution in [0.5, 0.6) is 0 Å². The highest BCUT2D eigenvalue weighted by Crippen LogP contribution is 2.26. The molecular weight excluding hydrogens is 270 g/mol. The molecule has 0 fully saturated rings. The van der Waals surface area contributed by atoms with E-state index in [1.54, 1.807) is 18.6 Å². The van der Waals surface area contributed by atoms with Crippen molar-refractivity contribution in [3.05, 3.63) is 71.1 Å². The maximum absolute atomic E-state index is 6.36. The van der Waals surface area contributed by atoms with Crippen LogP contribution >= 0.6 is 11.6 Å². The summed E-state index contributed by atoms with van der Waals surface area (Å²) in [4.78, 5) is 8.35. The smallest absolute Gasteiger partial charge is 0.0705 e. The van der Waals surface area contributed by atoms with Gasteiger partial charge in [-0.15, -0.1) is 0 Å². The van der Waals surface area contributed by atoms with Gasteiger partial charge in [-0.3, -0.25) is 9.97 Å². The Morgan fingerprint density at radius 1 is 1.10 bits per heavy atom. The normalized spacial score (nSPS) is 12.5. The summed E-state index contributed by atoms with van der Waals surface area (Å²) < 4.78 is 0. The molecule has 0 aliphatic heterocycles. The molecule has 3 rings (SSSR count). The van der Waals surface area contributed by atoms with E-state index < -0.39 is 0 Å². The Labute approximate surface area is 122 Å². The number of halogens is 1. The van der Waals surface area contributed by atoms with Gasteiger partial charge in [-0.1, -0.05) is 29.8 Å². The molecule has 4 heteroatoms. The van der Waals surface area contributed by atoms with Crippen molar-refractivity contribution in [2.24, 2.45) is 5.73 Å². The molecule has 20 heavy (non-hydrogen) atoms. The number of nitrogens with two attached hydrogens (primary N) is 1. The average molecular weight is 284 g/mol. The topological polar surface area (TPSA) is 51.8 Å². The second-order valence-corrected chi connectivity index (χ2v) is 5.10. The van der Waals surface area contributed by atoms with Crippen LogP contribution in [0.15, 0.2) is 55.0 Å². The summed E-state index contributed by atoms with van der Waals surface area (Å²) in [5.74, 6) is 0. The third-order valence-electron chi connectivity index (χ3n) is 3.38. The molecule has 0 aliphatic carbocycles. The zero-order chi connectivity index (χ0) is 13.9. The third-order valence-corrected chi connectivity index (χ3v) is 3.72. The van der Waals surface area contributed by atoms with Crippen molar-refractivity contribution in [2.45, 2.75) is 12.5 Å². The van der Waals surface area contributed by atoms with Crippen LogP contribution in [-0.4, -0.2) is 9.97 Å². The van der Waals surface area contributed by atoms with Crippen LogP contribution in [0.25, 0.3) is 10.9 Å². The van der Waals surface area contributed by atoms with Gasteiger partial charge in [-0.25, -0.2) is 0 Å². The lowest BCUT2D eigenvalue weighted by molar-refractivity contribution is 0.727. The molecule has 0 aliphatic rings. The van der Waals surface area contributed by atoms with Crippen molar-refractivity contribution in [3.63, 3.8) is 0 Å². The second kappa shape index (κ2) is 5.57. The molecule has 100 valence electrons. The number of pyridine rings is 2. The zero-order valence-electron chi connectivity index (χ0n) is 10.8. The van der Waals surface area contributed by atoms with E-state index in [0.29, 0.717) is 11.4 Å². The SMILES string of the molecule is NC(Cc1ccncc1Cl)c1cccc2ncccc12. The van der Waals surface area contributed by atoms with E-state index in [-0.39, 0.29) is 6.04 Å². The van der Waals surface area contributed by atoms with Gasteiger partial charge in [0.1, 0.15) is 0 Å².